The van der Waals surface area contributed by atoms with Crippen molar-refractivity contribution in [2.45, 2.75) is 24.9 Å². The first-order valence-electron chi connectivity index (χ1n) is 5.04. The lowest BCUT2D eigenvalue weighted by atomic mass is 9.96. The van der Waals surface area contributed by atoms with Gasteiger partial charge in [-0.15, -0.1) is 0 Å². The minimum absolute atomic E-state index is 0.0270. The summed E-state index contributed by atoms with van der Waals surface area (Å²) in [5, 5.41) is 0.887. The molecule has 0 amide bonds. The maximum atomic E-state index is 5.83. The quantitative estimate of drug-likeness (QED) is 0.791. The minimum Gasteiger partial charge on any atom is -0.374 e. The van der Waals surface area contributed by atoms with Crippen molar-refractivity contribution < 1.29 is 4.74 Å². The molecule has 82 valence electrons. The Labute approximate surface area is 107 Å². The molecule has 0 aromatic carbocycles. The fraction of sp³-hybridized carbons (Fsp3) is 0.545. The van der Waals surface area contributed by atoms with Crippen molar-refractivity contribution in [3.8, 4) is 0 Å². The smallest absolute Gasteiger partial charge is 0.0834 e. The Morgan fingerprint density at radius 2 is 2.33 bits per heavy atom. The topological polar surface area (TPSA) is 22.1 Å². The molecule has 15 heavy (non-hydrogen) atoms. The van der Waals surface area contributed by atoms with E-state index in [1.54, 1.807) is 0 Å². The predicted molar refractivity (Wildman–Crippen MR) is 67.4 cm³/mol. The molecule has 1 unspecified atom stereocenters. The number of halogens is 2. The molecule has 2 nitrogen and oxygen atoms in total. The molecule has 1 fully saturated rings. The van der Waals surface area contributed by atoms with E-state index in [1.165, 1.54) is 0 Å². The largest absolute Gasteiger partial charge is 0.374 e. The van der Waals surface area contributed by atoms with E-state index in [9.17, 15) is 0 Å². The van der Waals surface area contributed by atoms with Gasteiger partial charge in [-0.05, 0) is 40.9 Å². The molecule has 1 aromatic rings. The lowest BCUT2D eigenvalue weighted by Crippen LogP contribution is -2.32. The molecule has 4 heteroatoms. The average Bonchev–Trinajstić information content (AvgIpc) is 2.71. The highest BCUT2D eigenvalue weighted by atomic mass is 79.9. The summed E-state index contributed by atoms with van der Waals surface area (Å²) in [4.78, 5) is 4.39. The Kier molecular flexibility index (Phi) is 3.80. The fourth-order valence-electron chi connectivity index (χ4n) is 1.89. The lowest BCUT2D eigenvalue weighted by molar-refractivity contribution is 0.0252. The van der Waals surface area contributed by atoms with E-state index in [0.29, 0.717) is 0 Å². The summed E-state index contributed by atoms with van der Waals surface area (Å²) in [6.45, 7) is 0.877. The van der Waals surface area contributed by atoms with Gasteiger partial charge in [0.2, 0.25) is 0 Å². The second-order valence-corrected chi connectivity index (χ2v) is 5.39. The number of aromatic nitrogens is 1. The maximum Gasteiger partial charge on any atom is 0.0834 e. The van der Waals surface area contributed by atoms with Crippen LogP contribution in [0.5, 0.6) is 0 Å². The molecule has 0 N–H and O–H groups in total. The highest BCUT2D eigenvalue weighted by Crippen LogP contribution is 2.31. The predicted octanol–water partition coefficient (Wildman–Crippen LogP) is 3.33. The van der Waals surface area contributed by atoms with Crippen LogP contribution in [0.2, 0.25) is 0 Å². The third-order valence-corrected chi connectivity index (χ3v) is 4.21. The van der Waals surface area contributed by atoms with Crippen LogP contribution < -0.4 is 0 Å². The fourth-order valence-corrected chi connectivity index (χ4v) is 2.76. The van der Waals surface area contributed by atoms with Gasteiger partial charge in [0.15, 0.2) is 0 Å². The van der Waals surface area contributed by atoms with Gasteiger partial charge in [-0.1, -0.05) is 15.9 Å². The number of pyridine rings is 1. The molecule has 1 saturated heterocycles. The number of rotatable bonds is 3. The highest BCUT2D eigenvalue weighted by Gasteiger charge is 2.34. The zero-order valence-electron chi connectivity index (χ0n) is 8.38. The van der Waals surface area contributed by atoms with Crippen LogP contribution in [0.1, 0.15) is 18.5 Å². The van der Waals surface area contributed by atoms with Crippen LogP contribution in [0, 0.1) is 0 Å². The molecule has 2 heterocycles. The van der Waals surface area contributed by atoms with Gasteiger partial charge in [0.25, 0.3) is 0 Å². The van der Waals surface area contributed by atoms with Crippen molar-refractivity contribution in [1.82, 2.24) is 4.98 Å². The first-order valence-corrected chi connectivity index (χ1v) is 6.96. The van der Waals surface area contributed by atoms with E-state index < -0.39 is 0 Å². The summed E-state index contributed by atoms with van der Waals surface area (Å²) in [5.74, 6) is 0. The molecule has 1 aliphatic heterocycles. The van der Waals surface area contributed by atoms with Gasteiger partial charge in [-0.2, -0.15) is 0 Å². The number of alkyl halides is 1. The molecule has 1 aromatic heterocycles. The van der Waals surface area contributed by atoms with Crippen molar-refractivity contribution in [2.75, 3.05) is 11.9 Å². The molecule has 2 rings (SSSR count). The number of ether oxygens (including phenoxy) is 1. The Hall–Kier alpha value is 0.0700. The van der Waals surface area contributed by atoms with Gasteiger partial charge in [0, 0.05) is 34.7 Å². The highest BCUT2D eigenvalue weighted by molar-refractivity contribution is 9.10. The molecule has 1 atom stereocenters. The minimum atomic E-state index is -0.0270. The Morgan fingerprint density at radius 1 is 1.47 bits per heavy atom. The van der Waals surface area contributed by atoms with Gasteiger partial charge in [0.05, 0.1) is 5.60 Å². The SMILES string of the molecule is BrCC1(Cc2ccc(Br)cn2)CCCO1. The van der Waals surface area contributed by atoms with Crippen LogP contribution in [0.25, 0.3) is 0 Å². The van der Waals surface area contributed by atoms with Gasteiger partial charge in [0.1, 0.15) is 0 Å². The molecule has 0 saturated carbocycles. The summed E-state index contributed by atoms with van der Waals surface area (Å²) in [7, 11) is 0. The summed E-state index contributed by atoms with van der Waals surface area (Å²) >= 11 is 6.93. The average molecular weight is 335 g/mol. The number of hydrogen-bond acceptors (Lipinski definition) is 2. The summed E-state index contributed by atoms with van der Waals surface area (Å²) < 4.78 is 6.85. The van der Waals surface area contributed by atoms with Crippen molar-refractivity contribution in [3.05, 3.63) is 28.5 Å². The number of nitrogens with zero attached hydrogens (tertiary/aromatic N) is 1. The molecule has 0 radical (unpaired) electrons. The second-order valence-electron chi connectivity index (χ2n) is 3.91. The van der Waals surface area contributed by atoms with Crippen LogP contribution in [0.15, 0.2) is 22.8 Å². The van der Waals surface area contributed by atoms with Crippen LogP contribution >= 0.6 is 31.9 Å². The summed E-state index contributed by atoms with van der Waals surface area (Å²) in [6, 6.07) is 4.08. The summed E-state index contributed by atoms with van der Waals surface area (Å²) in [5.41, 5.74) is 1.07. The van der Waals surface area contributed by atoms with Crippen LogP contribution in [0.3, 0.4) is 0 Å². The molecular formula is C11H13Br2NO. The monoisotopic (exact) mass is 333 g/mol. The van der Waals surface area contributed by atoms with Crippen molar-refractivity contribution >= 4 is 31.9 Å². The molecule has 1 aliphatic rings. The van der Waals surface area contributed by atoms with Gasteiger partial charge in [-0.25, -0.2) is 0 Å². The van der Waals surface area contributed by atoms with E-state index in [-0.39, 0.29) is 5.60 Å². The van der Waals surface area contributed by atoms with E-state index in [0.717, 1.165) is 41.4 Å². The summed E-state index contributed by atoms with van der Waals surface area (Å²) in [6.07, 6.45) is 5.01. The van der Waals surface area contributed by atoms with E-state index >= 15 is 0 Å². The molecule has 0 bridgehead atoms. The van der Waals surface area contributed by atoms with E-state index in [2.05, 4.69) is 42.9 Å². The van der Waals surface area contributed by atoms with Crippen molar-refractivity contribution in [3.63, 3.8) is 0 Å². The maximum absolute atomic E-state index is 5.83. The van der Waals surface area contributed by atoms with E-state index in [4.69, 9.17) is 4.74 Å². The Morgan fingerprint density at radius 3 is 2.87 bits per heavy atom. The number of hydrogen-bond donors (Lipinski definition) is 0. The Balaban J connectivity index is 2.09. The lowest BCUT2D eigenvalue weighted by Gasteiger charge is -2.25. The third-order valence-electron chi connectivity index (χ3n) is 2.72. The molecule has 0 spiro atoms. The van der Waals surface area contributed by atoms with Gasteiger partial charge in [-0.3, -0.25) is 4.98 Å². The van der Waals surface area contributed by atoms with E-state index in [1.807, 2.05) is 12.3 Å². The van der Waals surface area contributed by atoms with Gasteiger partial charge < -0.3 is 4.74 Å². The molecular weight excluding hydrogens is 322 g/mol. The normalized spacial score (nSPS) is 25.7. The second kappa shape index (κ2) is 4.93. The van der Waals surface area contributed by atoms with Gasteiger partial charge >= 0.3 is 0 Å². The first kappa shape index (κ1) is 11.6. The zero-order chi connectivity index (χ0) is 10.7. The third kappa shape index (κ3) is 2.80. The first-order chi connectivity index (χ1) is 7.24. The Bertz CT molecular complexity index is 320. The standard InChI is InChI=1S/C11H13Br2NO/c12-8-11(4-1-5-15-11)6-10-3-2-9(13)7-14-10/h2-3,7H,1,4-6,8H2. The van der Waals surface area contributed by atoms with Crippen molar-refractivity contribution in [2.24, 2.45) is 0 Å². The van der Waals surface area contributed by atoms with Crippen LogP contribution in [0.4, 0.5) is 0 Å². The van der Waals surface area contributed by atoms with Crippen LogP contribution in [-0.2, 0) is 11.2 Å². The molecule has 0 aliphatic carbocycles. The van der Waals surface area contributed by atoms with Crippen LogP contribution in [-0.4, -0.2) is 22.5 Å². The zero-order valence-corrected chi connectivity index (χ0v) is 11.6. The van der Waals surface area contributed by atoms with Crippen molar-refractivity contribution in [1.29, 1.82) is 0 Å².